The molecule has 2 amide bonds. The number of unbranched alkanes of at least 4 members (excludes halogenated alkanes) is 7. The van der Waals surface area contributed by atoms with Gasteiger partial charge in [-0.05, 0) is 6.42 Å². The molecule has 0 heterocycles. The molecular weight excluding hydrogens is 220 g/mol. The number of hydrogen-bond donors (Lipinski definition) is 4. The maximum Gasteiger partial charge on any atom is 0.345 e. The summed E-state index contributed by atoms with van der Waals surface area (Å²) in [5.74, 6) is 4.84. The van der Waals surface area contributed by atoms with Crippen molar-refractivity contribution in [1.82, 2.24) is 16.4 Å². The van der Waals surface area contributed by atoms with Crippen LogP contribution < -0.4 is 22.3 Å². The first kappa shape index (κ1) is 16.1. The largest absolute Gasteiger partial charge is 0.345 e. The fraction of sp³-hybridized carbons (Fsp3) is 0.909. The number of hydrogen-bond acceptors (Lipinski definition) is 4. The summed E-state index contributed by atoms with van der Waals surface area (Å²) in [7, 11) is 0. The molecule has 0 aliphatic carbocycles. The van der Waals surface area contributed by atoms with Crippen LogP contribution in [0, 0.1) is 0 Å². The molecule has 0 aromatic heterocycles. The molecule has 0 aromatic carbocycles. The molecular formula is C11H26N4O2. The maximum atomic E-state index is 10.6. The summed E-state index contributed by atoms with van der Waals surface area (Å²) in [4.78, 5) is 15.6. The number of carbonyl (C=O) groups is 1. The van der Waals surface area contributed by atoms with Gasteiger partial charge in [0.15, 0.2) is 0 Å². The maximum absolute atomic E-state index is 10.6. The van der Waals surface area contributed by atoms with Crippen molar-refractivity contribution in [2.24, 2.45) is 5.84 Å². The molecule has 0 atom stereocenters. The molecule has 0 rings (SSSR count). The van der Waals surface area contributed by atoms with Crippen LogP contribution in [0.3, 0.4) is 0 Å². The number of urea groups is 1. The summed E-state index contributed by atoms with van der Waals surface area (Å²) in [5.41, 5.74) is 6.43. The summed E-state index contributed by atoms with van der Waals surface area (Å²) in [6.45, 7) is 2.81. The number of hydrazine groups is 2. The van der Waals surface area contributed by atoms with Crippen LogP contribution >= 0.6 is 0 Å². The molecule has 0 bridgehead atoms. The fourth-order valence-electron chi connectivity index (χ4n) is 1.48. The summed E-state index contributed by atoms with van der Waals surface area (Å²) >= 11 is 0. The SMILES string of the molecule is CCCCCCCCCCONNC(=O)NN. The van der Waals surface area contributed by atoms with Crippen LogP contribution in [-0.2, 0) is 4.84 Å². The molecule has 0 aromatic rings. The molecule has 0 spiro atoms. The molecule has 0 saturated heterocycles. The monoisotopic (exact) mass is 246 g/mol. The standard InChI is InChI=1S/C11H26N4O2/c1-2-3-4-5-6-7-8-9-10-17-15-14-11(16)13-12/h15H,2-10,12H2,1H3,(H2,13,14,16). The molecule has 17 heavy (non-hydrogen) atoms. The third-order valence-electron chi connectivity index (χ3n) is 2.47. The van der Waals surface area contributed by atoms with Crippen LogP contribution in [0.5, 0.6) is 0 Å². The van der Waals surface area contributed by atoms with E-state index in [1.54, 1.807) is 0 Å². The molecule has 0 aliphatic rings. The van der Waals surface area contributed by atoms with E-state index in [4.69, 9.17) is 10.7 Å². The summed E-state index contributed by atoms with van der Waals surface area (Å²) in [6, 6.07) is -0.527. The van der Waals surface area contributed by atoms with Crippen molar-refractivity contribution in [1.29, 1.82) is 0 Å². The molecule has 0 fully saturated rings. The summed E-state index contributed by atoms with van der Waals surface area (Å²) < 4.78 is 0. The highest BCUT2D eigenvalue weighted by Crippen LogP contribution is 2.07. The normalized spacial score (nSPS) is 10.2. The van der Waals surface area contributed by atoms with Crippen LogP contribution in [0.15, 0.2) is 0 Å². The zero-order valence-electron chi connectivity index (χ0n) is 10.8. The van der Waals surface area contributed by atoms with E-state index < -0.39 is 6.03 Å². The molecule has 0 aliphatic heterocycles. The number of carbonyl (C=O) groups excluding carboxylic acids is 1. The minimum Gasteiger partial charge on any atom is -0.282 e. The minimum atomic E-state index is -0.527. The van der Waals surface area contributed by atoms with Gasteiger partial charge in [-0.3, -0.25) is 10.3 Å². The topological polar surface area (TPSA) is 88.4 Å². The number of nitrogens with two attached hydrogens (primary N) is 1. The lowest BCUT2D eigenvalue weighted by Gasteiger charge is -2.06. The number of rotatable bonds is 11. The predicted molar refractivity (Wildman–Crippen MR) is 67.6 cm³/mol. The summed E-state index contributed by atoms with van der Waals surface area (Å²) in [6.07, 6.45) is 10.1. The lowest BCUT2D eigenvalue weighted by atomic mass is 10.1. The van der Waals surface area contributed by atoms with Crippen molar-refractivity contribution in [3.05, 3.63) is 0 Å². The van der Waals surface area contributed by atoms with Crippen molar-refractivity contribution < 1.29 is 9.63 Å². The van der Waals surface area contributed by atoms with Gasteiger partial charge in [0.2, 0.25) is 0 Å². The quantitative estimate of drug-likeness (QED) is 0.193. The first-order valence-corrected chi connectivity index (χ1v) is 6.44. The first-order chi connectivity index (χ1) is 8.31. The summed E-state index contributed by atoms with van der Waals surface area (Å²) in [5, 5.41) is 0. The Bertz CT molecular complexity index is 179. The lowest BCUT2D eigenvalue weighted by molar-refractivity contribution is 0.0169. The Morgan fingerprint density at radius 2 is 1.65 bits per heavy atom. The van der Waals surface area contributed by atoms with Crippen molar-refractivity contribution in [2.45, 2.75) is 58.3 Å². The van der Waals surface area contributed by atoms with E-state index in [1.807, 2.05) is 5.43 Å². The van der Waals surface area contributed by atoms with E-state index in [0.717, 1.165) is 12.8 Å². The molecule has 102 valence electrons. The van der Waals surface area contributed by atoms with Gasteiger partial charge in [-0.25, -0.2) is 16.1 Å². The first-order valence-electron chi connectivity index (χ1n) is 6.44. The second-order valence-corrected chi connectivity index (χ2v) is 4.02. The highest BCUT2D eigenvalue weighted by Gasteiger charge is 1.94. The van der Waals surface area contributed by atoms with E-state index in [9.17, 15) is 4.79 Å². The molecule has 0 radical (unpaired) electrons. The van der Waals surface area contributed by atoms with Crippen LogP contribution in [0.1, 0.15) is 58.3 Å². The Morgan fingerprint density at radius 3 is 2.24 bits per heavy atom. The Kier molecular flexibility index (Phi) is 12.6. The predicted octanol–water partition coefficient (Wildman–Crippen LogP) is 1.74. The van der Waals surface area contributed by atoms with E-state index >= 15 is 0 Å². The van der Waals surface area contributed by atoms with Crippen molar-refractivity contribution in [3.8, 4) is 0 Å². The van der Waals surface area contributed by atoms with Crippen LogP contribution in [0.2, 0.25) is 0 Å². The Balaban J connectivity index is 2.96. The highest BCUT2D eigenvalue weighted by molar-refractivity contribution is 5.72. The smallest absolute Gasteiger partial charge is 0.282 e. The van der Waals surface area contributed by atoms with Crippen LogP contribution in [-0.4, -0.2) is 12.6 Å². The third-order valence-corrected chi connectivity index (χ3v) is 2.47. The van der Waals surface area contributed by atoms with Gasteiger partial charge in [0.05, 0.1) is 6.61 Å². The van der Waals surface area contributed by atoms with Gasteiger partial charge in [0.1, 0.15) is 0 Å². The van der Waals surface area contributed by atoms with E-state index in [-0.39, 0.29) is 0 Å². The van der Waals surface area contributed by atoms with Gasteiger partial charge in [-0.1, -0.05) is 51.9 Å². The number of amides is 2. The van der Waals surface area contributed by atoms with Gasteiger partial charge in [-0.2, -0.15) is 0 Å². The molecule has 0 saturated carbocycles. The molecule has 6 nitrogen and oxygen atoms in total. The van der Waals surface area contributed by atoms with Gasteiger partial charge in [0.25, 0.3) is 0 Å². The third kappa shape index (κ3) is 13.1. The van der Waals surface area contributed by atoms with E-state index in [0.29, 0.717) is 6.61 Å². The van der Waals surface area contributed by atoms with Gasteiger partial charge in [-0.15, -0.1) is 5.59 Å². The highest BCUT2D eigenvalue weighted by atomic mass is 16.7. The van der Waals surface area contributed by atoms with Crippen molar-refractivity contribution in [3.63, 3.8) is 0 Å². The van der Waals surface area contributed by atoms with Crippen molar-refractivity contribution >= 4 is 6.03 Å². The van der Waals surface area contributed by atoms with E-state index in [2.05, 4.69) is 17.9 Å². The van der Waals surface area contributed by atoms with Gasteiger partial charge >= 0.3 is 6.03 Å². The zero-order chi connectivity index (χ0) is 12.8. The van der Waals surface area contributed by atoms with Gasteiger partial charge in [0, 0.05) is 0 Å². The van der Waals surface area contributed by atoms with Crippen molar-refractivity contribution in [2.75, 3.05) is 6.61 Å². The lowest BCUT2D eigenvalue weighted by Crippen LogP contribution is -2.46. The fourth-order valence-corrected chi connectivity index (χ4v) is 1.48. The Labute approximate surface area is 104 Å². The zero-order valence-corrected chi connectivity index (χ0v) is 10.8. The second-order valence-electron chi connectivity index (χ2n) is 4.02. The van der Waals surface area contributed by atoms with E-state index in [1.165, 1.54) is 38.5 Å². The Hall–Kier alpha value is -0.850. The van der Waals surface area contributed by atoms with Gasteiger partial charge < -0.3 is 0 Å². The second kappa shape index (κ2) is 13.2. The average Bonchev–Trinajstić information content (AvgIpc) is 2.35. The molecule has 5 N–H and O–H groups in total. The average molecular weight is 246 g/mol. The number of nitrogens with one attached hydrogen (secondary N) is 3. The van der Waals surface area contributed by atoms with Crippen LogP contribution in [0.4, 0.5) is 4.79 Å². The molecule has 6 heteroatoms. The van der Waals surface area contributed by atoms with Crippen LogP contribution in [0.25, 0.3) is 0 Å². The molecule has 0 unspecified atom stereocenters. The Morgan fingerprint density at radius 1 is 1.06 bits per heavy atom. The minimum absolute atomic E-state index is 0.527.